The second-order valence-electron chi connectivity index (χ2n) is 6.03. The summed E-state index contributed by atoms with van der Waals surface area (Å²) in [5, 5.41) is 0. The maximum Gasteiger partial charge on any atom is 0.342 e. The Hall–Kier alpha value is -1.54. The van der Waals surface area contributed by atoms with Gasteiger partial charge in [0, 0.05) is 12.7 Å². The third-order valence-electron chi connectivity index (χ3n) is 4.08. The topological polar surface area (TPSA) is 35.5 Å². The van der Waals surface area contributed by atoms with E-state index in [-0.39, 0.29) is 17.9 Å². The van der Waals surface area contributed by atoms with E-state index in [9.17, 15) is 22.4 Å². The molecule has 162 valence electrons. The molecule has 0 aliphatic rings. The average Bonchev–Trinajstić information content (AvgIpc) is 2.76. The quantitative estimate of drug-likeness (QED) is 0.0904. The molecule has 3 aromatic carbocycles. The maximum absolute atomic E-state index is 14.4. The van der Waals surface area contributed by atoms with Crippen LogP contribution in [0.5, 0.6) is 11.5 Å². The number of hydrogen-bond donors (Lipinski definition) is 0. The summed E-state index contributed by atoms with van der Waals surface area (Å²) < 4.78 is 68.9. The van der Waals surface area contributed by atoms with E-state index in [4.69, 9.17) is 9.47 Å². The van der Waals surface area contributed by atoms with Crippen LogP contribution in [-0.2, 0) is 11.3 Å². The second kappa shape index (κ2) is 10.4. The standard InChI is InChI=1S/C21H12F4I2O3S/c1-31-20-17(24)15(22)19(16(23)18(20)25)30-14-7-6-11(26)8-12(14)21(28)29-9-10-4-2-3-5-13(10)27/h2-8H,9H2,1H3. The summed E-state index contributed by atoms with van der Waals surface area (Å²) in [4.78, 5) is 11.8. The lowest BCUT2D eigenvalue weighted by atomic mass is 10.2. The van der Waals surface area contributed by atoms with Crippen LogP contribution in [0.1, 0.15) is 15.9 Å². The molecule has 0 N–H and O–H groups in total. The first-order valence-corrected chi connectivity index (χ1v) is 11.9. The molecule has 31 heavy (non-hydrogen) atoms. The van der Waals surface area contributed by atoms with Crippen molar-refractivity contribution in [3.8, 4) is 11.5 Å². The van der Waals surface area contributed by atoms with E-state index in [1.54, 1.807) is 12.1 Å². The summed E-state index contributed by atoms with van der Waals surface area (Å²) in [7, 11) is 0. The van der Waals surface area contributed by atoms with Crippen LogP contribution in [-0.4, -0.2) is 12.2 Å². The highest BCUT2D eigenvalue weighted by Crippen LogP contribution is 2.38. The summed E-state index contributed by atoms with van der Waals surface area (Å²) in [6, 6.07) is 11.4. The van der Waals surface area contributed by atoms with Crippen molar-refractivity contribution in [1.29, 1.82) is 0 Å². The number of benzene rings is 3. The number of hydrogen-bond acceptors (Lipinski definition) is 4. The molecule has 0 aromatic heterocycles. The van der Waals surface area contributed by atoms with Gasteiger partial charge in [-0.15, -0.1) is 11.8 Å². The van der Waals surface area contributed by atoms with E-state index in [0.717, 1.165) is 9.13 Å². The lowest BCUT2D eigenvalue weighted by Gasteiger charge is -2.14. The predicted octanol–water partition coefficient (Wildman–Crippen LogP) is 7.32. The van der Waals surface area contributed by atoms with Gasteiger partial charge >= 0.3 is 5.97 Å². The molecule has 3 rings (SSSR count). The van der Waals surface area contributed by atoms with Crippen molar-refractivity contribution in [2.24, 2.45) is 0 Å². The van der Waals surface area contributed by atoms with E-state index in [0.29, 0.717) is 15.3 Å². The highest BCUT2D eigenvalue weighted by Gasteiger charge is 2.28. The molecule has 0 heterocycles. The lowest BCUT2D eigenvalue weighted by Crippen LogP contribution is -2.09. The molecule has 0 saturated heterocycles. The zero-order valence-corrected chi connectivity index (χ0v) is 20.8. The van der Waals surface area contributed by atoms with Crippen molar-refractivity contribution in [3.05, 3.63) is 84.0 Å². The Balaban J connectivity index is 1.94. The molecule has 3 nitrogen and oxygen atoms in total. The zero-order valence-electron chi connectivity index (χ0n) is 15.6. The molecule has 0 atom stereocenters. The maximum atomic E-state index is 14.4. The monoisotopic (exact) mass is 674 g/mol. The summed E-state index contributed by atoms with van der Waals surface area (Å²) in [6.45, 7) is -0.0444. The number of ether oxygens (including phenoxy) is 2. The fourth-order valence-corrected chi connectivity index (χ4v) is 4.13. The van der Waals surface area contributed by atoms with Crippen molar-refractivity contribution >= 4 is 62.9 Å². The summed E-state index contributed by atoms with van der Waals surface area (Å²) in [6.07, 6.45) is 1.28. The van der Waals surface area contributed by atoms with Gasteiger partial charge in [-0.3, -0.25) is 0 Å². The largest absolute Gasteiger partial charge is 0.457 e. The first kappa shape index (κ1) is 24.1. The molecule has 0 aliphatic carbocycles. The number of carbonyl (C=O) groups excluding carboxylic acids is 1. The van der Waals surface area contributed by atoms with Gasteiger partial charge in [-0.2, -0.15) is 8.78 Å². The van der Waals surface area contributed by atoms with E-state index in [2.05, 4.69) is 22.6 Å². The zero-order chi connectivity index (χ0) is 22.7. The molecular weight excluding hydrogens is 662 g/mol. The SMILES string of the molecule is CSc1c(F)c(F)c(Oc2ccc(I)cc2C(=O)OCc2ccccc2I)c(F)c1F. The van der Waals surface area contributed by atoms with Gasteiger partial charge in [0.25, 0.3) is 0 Å². The molecule has 3 aromatic rings. The molecule has 0 aliphatic heterocycles. The van der Waals surface area contributed by atoms with Crippen LogP contribution >= 0.6 is 56.9 Å². The second-order valence-corrected chi connectivity index (χ2v) is 9.25. The third kappa shape index (κ3) is 5.28. The van der Waals surface area contributed by atoms with Crippen LogP contribution in [0.25, 0.3) is 0 Å². The van der Waals surface area contributed by atoms with Crippen LogP contribution < -0.4 is 4.74 Å². The fraction of sp³-hybridized carbons (Fsp3) is 0.0952. The molecule has 0 radical (unpaired) electrons. The van der Waals surface area contributed by atoms with E-state index >= 15 is 0 Å². The summed E-state index contributed by atoms with van der Waals surface area (Å²) in [5.74, 6) is -8.94. The van der Waals surface area contributed by atoms with E-state index < -0.39 is 39.9 Å². The highest BCUT2D eigenvalue weighted by atomic mass is 127. The van der Waals surface area contributed by atoms with Crippen molar-refractivity contribution in [1.82, 2.24) is 0 Å². The first-order valence-electron chi connectivity index (χ1n) is 8.52. The smallest absolute Gasteiger partial charge is 0.342 e. The average molecular weight is 674 g/mol. The first-order chi connectivity index (χ1) is 14.7. The third-order valence-corrected chi connectivity index (χ3v) is 6.57. The number of halogens is 6. The normalized spacial score (nSPS) is 10.8. The molecule has 0 saturated carbocycles. The van der Waals surface area contributed by atoms with Crippen LogP contribution in [0.2, 0.25) is 0 Å². The van der Waals surface area contributed by atoms with Gasteiger partial charge in [-0.25, -0.2) is 13.6 Å². The van der Waals surface area contributed by atoms with Crippen molar-refractivity contribution in [2.75, 3.05) is 6.26 Å². The van der Waals surface area contributed by atoms with Gasteiger partial charge in [-0.1, -0.05) is 18.2 Å². The van der Waals surface area contributed by atoms with Crippen LogP contribution in [0.15, 0.2) is 47.4 Å². The number of esters is 1. The Kier molecular flexibility index (Phi) is 8.08. The van der Waals surface area contributed by atoms with Gasteiger partial charge in [0.15, 0.2) is 11.6 Å². The Morgan fingerprint density at radius 2 is 1.61 bits per heavy atom. The van der Waals surface area contributed by atoms with Gasteiger partial charge < -0.3 is 9.47 Å². The number of thioether (sulfide) groups is 1. The highest BCUT2D eigenvalue weighted by molar-refractivity contribution is 14.1. The van der Waals surface area contributed by atoms with Crippen molar-refractivity contribution < 1.29 is 31.8 Å². The van der Waals surface area contributed by atoms with Crippen LogP contribution in [0.4, 0.5) is 17.6 Å². The van der Waals surface area contributed by atoms with E-state index in [1.165, 1.54) is 24.5 Å². The minimum Gasteiger partial charge on any atom is -0.457 e. The lowest BCUT2D eigenvalue weighted by molar-refractivity contribution is 0.0468. The molecule has 0 bridgehead atoms. The predicted molar refractivity (Wildman–Crippen MR) is 126 cm³/mol. The van der Waals surface area contributed by atoms with Gasteiger partial charge in [-0.05, 0) is 75.7 Å². The van der Waals surface area contributed by atoms with E-state index in [1.807, 2.05) is 34.7 Å². The van der Waals surface area contributed by atoms with Crippen LogP contribution in [0, 0.1) is 30.4 Å². The fourth-order valence-electron chi connectivity index (χ4n) is 2.56. The Morgan fingerprint density at radius 3 is 2.23 bits per heavy atom. The molecule has 0 fully saturated rings. The minimum atomic E-state index is -1.69. The molecule has 0 amide bonds. The Labute approximate surface area is 206 Å². The summed E-state index contributed by atoms with van der Waals surface area (Å²) >= 11 is 4.54. The number of carbonyl (C=O) groups is 1. The number of rotatable bonds is 6. The van der Waals surface area contributed by atoms with Gasteiger partial charge in [0.2, 0.25) is 17.4 Å². The van der Waals surface area contributed by atoms with Gasteiger partial charge in [0.1, 0.15) is 17.9 Å². The molecule has 0 spiro atoms. The molecule has 0 unspecified atom stereocenters. The Morgan fingerprint density at radius 1 is 0.968 bits per heavy atom. The summed E-state index contributed by atoms with van der Waals surface area (Å²) in [5.41, 5.74) is 0.616. The van der Waals surface area contributed by atoms with Crippen molar-refractivity contribution in [3.63, 3.8) is 0 Å². The molecular formula is C21H12F4I2O3S. The minimum absolute atomic E-state index is 0.0444. The van der Waals surface area contributed by atoms with Crippen LogP contribution in [0.3, 0.4) is 0 Å². The van der Waals surface area contributed by atoms with Crippen molar-refractivity contribution in [2.45, 2.75) is 11.5 Å². The van der Waals surface area contributed by atoms with Gasteiger partial charge in [0.05, 0.1) is 4.90 Å². The molecule has 10 heteroatoms. The Bertz CT molecular complexity index is 1130.